The monoisotopic (exact) mass is 475 g/mol. The minimum absolute atomic E-state index is 0.203. The van der Waals surface area contributed by atoms with Crippen LogP contribution < -0.4 is 10.1 Å². The fourth-order valence-corrected chi connectivity index (χ4v) is 5.12. The van der Waals surface area contributed by atoms with Gasteiger partial charge in [-0.25, -0.2) is 8.42 Å². The first kappa shape index (κ1) is 25.2. The van der Waals surface area contributed by atoms with Crippen molar-refractivity contribution in [2.75, 3.05) is 51.8 Å². The molecule has 3 rings (SSSR count). The van der Waals surface area contributed by atoms with Crippen LogP contribution in [0.3, 0.4) is 0 Å². The van der Waals surface area contributed by atoms with Crippen molar-refractivity contribution in [2.45, 2.75) is 31.7 Å². The van der Waals surface area contributed by atoms with E-state index >= 15 is 0 Å². The number of anilines is 1. The SMILES string of the molecule is Cc1ccc(OCCN(C)[C@@H](C)C(=O)Nc2ccc(C)c(S(=O)(=O)N3CCOCC3)c2)cc1. The molecule has 1 aliphatic heterocycles. The van der Waals surface area contributed by atoms with E-state index in [4.69, 9.17) is 9.47 Å². The molecule has 2 aromatic rings. The molecule has 9 heteroatoms. The summed E-state index contributed by atoms with van der Waals surface area (Å²) in [6, 6.07) is 12.4. The number of nitrogens with one attached hydrogen (secondary N) is 1. The molecule has 0 saturated carbocycles. The van der Waals surface area contributed by atoms with Crippen LogP contribution in [0.1, 0.15) is 18.1 Å². The number of sulfonamides is 1. The summed E-state index contributed by atoms with van der Waals surface area (Å²) in [5, 5.41) is 2.85. The lowest BCUT2D eigenvalue weighted by Gasteiger charge is -2.27. The Kier molecular flexibility index (Phi) is 8.47. The van der Waals surface area contributed by atoms with E-state index in [1.807, 2.05) is 43.1 Å². The highest BCUT2D eigenvalue weighted by Crippen LogP contribution is 2.24. The van der Waals surface area contributed by atoms with Crippen molar-refractivity contribution in [1.82, 2.24) is 9.21 Å². The van der Waals surface area contributed by atoms with Crippen molar-refractivity contribution in [3.05, 3.63) is 53.6 Å². The van der Waals surface area contributed by atoms with Crippen LogP contribution in [-0.4, -0.2) is 76.1 Å². The molecule has 33 heavy (non-hydrogen) atoms. The van der Waals surface area contributed by atoms with E-state index in [2.05, 4.69) is 5.32 Å². The predicted molar refractivity (Wildman–Crippen MR) is 128 cm³/mol. The standard InChI is InChI=1S/C24H33N3O5S/c1-18-5-9-22(10-6-18)32-16-11-26(4)20(3)24(28)25-21-8-7-19(2)23(17-21)33(29,30)27-12-14-31-15-13-27/h5-10,17,20H,11-16H2,1-4H3,(H,25,28)/t20-/m0/s1. The average molecular weight is 476 g/mol. The Balaban J connectivity index is 1.59. The molecule has 1 aliphatic rings. The van der Waals surface area contributed by atoms with Crippen LogP contribution in [0.25, 0.3) is 0 Å². The van der Waals surface area contributed by atoms with Gasteiger partial charge in [0.15, 0.2) is 0 Å². The van der Waals surface area contributed by atoms with Crippen LogP contribution in [0.5, 0.6) is 5.75 Å². The number of carbonyl (C=O) groups is 1. The van der Waals surface area contributed by atoms with Gasteiger partial charge in [0.05, 0.1) is 24.2 Å². The van der Waals surface area contributed by atoms with Crippen LogP contribution >= 0.6 is 0 Å². The fourth-order valence-electron chi connectivity index (χ4n) is 3.46. The van der Waals surface area contributed by atoms with E-state index < -0.39 is 16.1 Å². The van der Waals surface area contributed by atoms with Gasteiger partial charge in [-0.1, -0.05) is 23.8 Å². The molecule has 0 radical (unpaired) electrons. The maximum Gasteiger partial charge on any atom is 0.243 e. The number of benzene rings is 2. The molecular weight excluding hydrogens is 442 g/mol. The van der Waals surface area contributed by atoms with Crippen molar-refractivity contribution >= 4 is 21.6 Å². The van der Waals surface area contributed by atoms with Crippen molar-refractivity contribution in [3.8, 4) is 5.75 Å². The summed E-state index contributed by atoms with van der Waals surface area (Å²) in [6.07, 6.45) is 0. The molecule has 0 aromatic heterocycles. The summed E-state index contributed by atoms with van der Waals surface area (Å²) < 4.78 is 38.6. The largest absolute Gasteiger partial charge is 0.492 e. The molecule has 0 bridgehead atoms. The van der Waals surface area contributed by atoms with Gasteiger partial charge in [0.1, 0.15) is 12.4 Å². The summed E-state index contributed by atoms with van der Waals surface area (Å²) in [5.74, 6) is 0.575. The number of morpholine rings is 1. The number of likely N-dealkylation sites (N-methyl/N-ethyl adjacent to an activating group) is 1. The molecular formula is C24H33N3O5S. The van der Waals surface area contributed by atoms with Gasteiger partial charge in [-0.05, 0) is 57.6 Å². The van der Waals surface area contributed by atoms with Gasteiger partial charge in [-0.2, -0.15) is 4.31 Å². The van der Waals surface area contributed by atoms with Gasteiger partial charge < -0.3 is 14.8 Å². The Hall–Kier alpha value is -2.46. The predicted octanol–water partition coefficient (Wildman–Crippen LogP) is 2.66. The van der Waals surface area contributed by atoms with Gasteiger partial charge >= 0.3 is 0 Å². The zero-order valence-corrected chi connectivity index (χ0v) is 20.5. The van der Waals surface area contributed by atoms with Crippen molar-refractivity contribution in [3.63, 3.8) is 0 Å². The van der Waals surface area contributed by atoms with E-state index in [9.17, 15) is 13.2 Å². The minimum atomic E-state index is -3.65. The van der Waals surface area contributed by atoms with Gasteiger partial charge in [0.2, 0.25) is 15.9 Å². The van der Waals surface area contributed by atoms with E-state index in [1.54, 1.807) is 26.0 Å². The first-order valence-electron chi connectivity index (χ1n) is 11.1. The highest BCUT2D eigenvalue weighted by atomic mass is 32.2. The maximum absolute atomic E-state index is 13.1. The molecule has 1 heterocycles. The molecule has 180 valence electrons. The van der Waals surface area contributed by atoms with Crippen LogP contribution in [0, 0.1) is 13.8 Å². The summed E-state index contributed by atoms with van der Waals surface area (Å²) in [6.45, 7) is 8.00. The Morgan fingerprint density at radius 2 is 1.82 bits per heavy atom. The molecule has 0 spiro atoms. The number of ether oxygens (including phenoxy) is 2. The number of hydrogen-bond acceptors (Lipinski definition) is 6. The van der Waals surface area contributed by atoms with Crippen molar-refractivity contribution in [2.24, 2.45) is 0 Å². The molecule has 1 amide bonds. The second kappa shape index (κ2) is 11.1. The van der Waals surface area contributed by atoms with Crippen LogP contribution in [0.2, 0.25) is 0 Å². The highest BCUT2D eigenvalue weighted by Gasteiger charge is 2.28. The van der Waals surface area contributed by atoms with E-state index in [1.165, 1.54) is 15.9 Å². The second-order valence-electron chi connectivity index (χ2n) is 8.30. The summed E-state index contributed by atoms with van der Waals surface area (Å²) in [7, 11) is -1.80. The number of carbonyl (C=O) groups excluding carboxylic acids is 1. The number of hydrogen-bond donors (Lipinski definition) is 1. The van der Waals surface area contributed by atoms with Gasteiger partial charge in [-0.15, -0.1) is 0 Å². The van der Waals surface area contributed by atoms with Crippen molar-refractivity contribution < 1.29 is 22.7 Å². The lowest BCUT2D eigenvalue weighted by atomic mass is 10.2. The zero-order valence-electron chi connectivity index (χ0n) is 19.7. The topological polar surface area (TPSA) is 88.2 Å². The number of aryl methyl sites for hydroxylation is 2. The van der Waals surface area contributed by atoms with Crippen molar-refractivity contribution in [1.29, 1.82) is 0 Å². The molecule has 1 atom stereocenters. The Morgan fingerprint density at radius 1 is 1.15 bits per heavy atom. The second-order valence-corrected chi connectivity index (χ2v) is 10.2. The zero-order chi connectivity index (χ0) is 24.0. The Bertz CT molecular complexity index is 1050. The Morgan fingerprint density at radius 3 is 2.48 bits per heavy atom. The van der Waals surface area contributed by atoms with E-state index in [0.717, 1.165) is 5.75 Å². The van der Waals surface area contributed by atoms with Crippen LogP contribution in [-0.2, 0) is 19.6 Å². The molecule has 1 saturated heterocycles. The third-order valence-corrected chi connectivity index (χ3v) is 7.86. The summed E-state index contributed by atoms with van der Waals surface area (Å²) in [4.78, 5) is 14.9. The maximum atomic E-state index is 13.1. The van der Waals surface area contributed by atoms with Crippen LogP contribution in [0.15, 0.2) is 47.4 Å². The number of rotatable bonds is 9. The normalized spacial score (nSPS) is 15.9. The van der Waals surface area contributed by atoms with Gasteiger partial charge in [0, 0.05) is 25.3 Å². The van der Waals surface area contributed by atoms with E-state index in [0.29, 0.717) is 50.7 Å². The van der Waals surface area contributed by atoms with Crippen LogP contribution in [0.4, 0.5) is 5.69 Å². The molecule has 0 unspecified atom stereocenters. The first-order valence-corrected chi connectivity index (χ1v) is 12.5. The quantitative estimate of drug-likeness (QED) is 0.600. The number of nitrogens with zero attached hydrogens (tertiary/aromatic N) is 2. The smallest absolute Gasteiger partial charge is 0.243 e. The molecule has 1 N–H and O–H groups in total. The Labute approximate surface area is 196 Å². The molecule has 8 nitrogen and oxygen atoms in total. The van der Waals surface area contributed by atoms with E-state index in [-0.39, 0.29) is 10.8 Å². The first-order chi connectivity index (χ1) is 15.7. The minimum Gasteiger partial charge on any atom is -0.492 e. The lowest BCUT2D eigenvalue weighted by molar-refractivity contribution is -0.120. The third kappa shape index (κ3) is 6.54. The lowest BCUT2D eigenvalue weighted by Crippen LogP contribution is -2.41. The fraction of sp³-hybridized carbons (Fsp3) is 0.458. The molecule has 0 aliphatic carbocycles. The van der Waals surface area contributed by atoms with Gasteiger partial charge in [0.25, 0.3) is 0 Å². The summed E-state index contributed by atoms with van der Waals surface area (Å²) in [5.41, 5.74) is 2.26. The highest BCUT2D eigenvalue weighted by molar-refractivity contribution is 7.89. The average Bonchev–Trinajstić information content (AvgIpc) is 2.81. The molecule has 2 aromatic carbocycles. The molecule has 1 fully saturated rings. The van der Waals surface area contributed by atoms with Gasteiger partial charge in [-0.3, -0.25) is 9.69 Å². The third-order valence-electron chi connectivity index (χ3n) is 5.82. The summed E-state index contributed by atoms with van der Waals surface area (Å²) >= 11 is 0. The number of amides is 1.